The standard InChI is InChI=1S/C9H16N2O/c1-6(2)11-8(4)7(3)10(5)9(11)12/h6H,1-5H3. The van der Waals surface area contributed by atoms with E-state index in [1.54, 1.807) is 4.57 Å². The predicted octanol–water partition coefficient (Wildman–Crippen LogP) is 1.38. The Kier molecular flexibility index (Phi) is 2.13. The van der Waals surface area contributed by atoms with Gasteiger partial charge < -0.3 is 0 Å². The van der Waals surface area contributed by atoms with Gasteiger partial charge in [-0.3, -0.25) is 9.13 Å². The first-order chi connectivity index (χ1) is 5.46. The summed E-state index contributed by atoms with van der Waals surface area (Å²) in [4.78, 5) is 11.6. The van der Waals surface area contributed by atoms with Crippen LogP contribution in [0.15, 0.2) is 4.79 Å². The minimum atomic E-state index is 0.0833. The van der Waals surface area contributed by atoms with Gasteiger partial charge >= 0.3 is 5.69 Å². The highest BCUT2D eigenvalue weighted by Gasteiger charge is 2.11. The van der Waals surface area contributed by atoms with Gasteiger partial charge in [-0.1, -0.05) is 0 Å². The number of hydrogen-bond donors (Lipinski definition) is 0. The van der Waals surface area contributed by atoms with Crippen molar-refractivity contribution in [3.63, 3.8) is 0 Å². The average molecular weight is 168 g/mol. The Morgan fingerprint density at radius 3 is 1.83 bits per heavy atom. The number of aromatic nitrogens is 2. The van der Waals surface area contributed by atoms with Gasteiger partial charge in [0.2, 0.25) is 0 Å². The molecule has 1 rings (SSSR count). The van der Waals surface area contributed by atoms with Gasteiger partial charge in [-0.25, -0.2) is 4.79 Å². The van der Waals surface area contributed by atoms with Gasteiger partial charge in [0.05, 0.1) is 0 Å². The van der Waals surface area contributed by atoms with Crippen LogP contribution in [0.1, 0.15) is 31.3 Å². The van der Waals surface area contributed by atoms with E-state index < -0.39 is 0 Å². The van der Waals surface area contributed by atoms with Crippen molar-refractivity contribution in [1.82, 2.24) is 9.13 Å². The maximum Gasteiger partial charge on any atom is 0.328 e. The number of rotatable bonds is 1. The third-order valence-electron chi connectivity index (χ3n) is 2.40. The van der Waals surface area contributed by atoms with Crippen LogP contribution in [0.5, 0.6) is 0 Å². The van der Waals surface area contributed by atoms with Crippen molar-refractivity contribution in [2.24, 2.45) is 7.05 Å². The van der Waals surface area contributed by atoms with E-state index >= 15 is 0 Å². The lowest BCUT2D eigenvalue weighted by molar-refractivity contribution is 0.556. The molecule has 1 aromatic heterocycles. The summed E-state index contributed by atoms with van der Waals surface area (Å²) in [5, 5.41) is 0. The highest BCUT2D eigenvalue weighted by atomic mass is 16.1. The molecule has 0 aromatic carbocycles. The first-order valence-corrected chi connectivity index (χ1v) is 4.21. The van der Waals surface area contributed by atoms with E-state index in [1.165, 1.54) is 0 Å². The molecular formula is C9H16N2O. The van der Waals surface area contributed by atoms with Crippen molar-refractivity contribution in [1.29, 1.82) is 0 Å². The normalized spacial score (nSPS) is 11.2. The molecule has 1 heterocycles. The number of imidazole rings is 1. The van der Waals surface area contributed by atoms with Crippen molar-refractivity contribution in [3.05, 3.63) is 21.9 Å². The SMILES string of the molecule is Cc1c(C)n(C(C)C)c(=O)n1C. The molecule has 0 atom stereocenters. The Hall–Kier alpha value is -0.990. The summed E-state index contributed by atoms with van der Waals surface area (Å²) in [6, 6.07) is 0.248. The second-order valence-corrected chi connectivity index (χ2v) is 3.48. The van der Waals surface area contributed by atoms with Crippen LogP contribution in [-0.4, -0.2) is 9.13 Å². The zero-order chi connectivity index (χ0) is 9.46. The summed E-state index contributed by atoms with van der Waals surface area (Å²) in [6.45, 7) is 7.99. The third kappa shape index (κ3) is 1.09. The minimum absolute atomic E-state index is 0.0833. The molecule has 0 unspecified atom stereocenters. The molecule has 0 saturated carbocycles. The topological polar surface area (TPSA) is 26.9 Å². The molecule has 68 valence electrons. The van der Waals surface area contributed by atoms with Crippen LogP contribution in [0.4, 0.5) is 0 Å². The fourth-order valence-corrected chi connectivity index (χ4v) is 1.47. The van der Waals surface area contributed by atoms with Gasteiger partial charge in [-0.2, -0.15) is 0 Å². The van der Waals surface area contributed by atoms with E-state index in [-0.39, 0.29) is 11.7 Å². The molecule has 0 aliphatic heterocycles. The molecule has 0 radical (unpaired) electrons. The molecule has 0 N–H and O–H groups in total. The molecular weight excluding hydrogens is 152 g/mol. The van der Waals surface area contributed by atoms with Crippen LogP contribution in [0, 0.1) is 13.8 Å². The highest BCUT2D eigenvalue weighted by Crippen LogP contribution is 2.09. The van der Waals surface area contributed by atoms with E-state index in [1.807, 2.05) is 39.3 Å². The Balaban J connectivity index is 3.49. The lowest BCUT2D eigenvalue weighted by Gasteiger charge is -2.06. The monoisotopic (exact) mass is 168 g/mol. The van der Waals surface area contributed by atoms with Crippen LogP contribution in [0.25, 0.3) is 0 Å². The van der Waals surface area contributed by atoms with Crippen LogP contribution in [0.2, 0.25) is 0 Å². The predicted molar refractivity (Wildman–Crippen MR) is 49.5 cm³/mol. The molecule has 0 spiro atoms. The quantitative estimate of drug-likeness (QED) is 0.622. The molecule has 3 nitrogen and oxygen atoms in total. The highest BCUT2D eigenvalue weighted by molar-refractivity contribution is 5.11. The minimum Gasteiger partial charge on any atom is -0.299 e. The smallest absolute Gasteiger partial charge is 0.299 e. The summed E-state index contributed by atoms with van der Waals surface area (Å²) in [6.07, 6.45) is 0. The fraction of sp³-hybridized carbons (Fsp3) is 0.667. The molecule has 0 fully saturated rings. The average Bonchev–Trinajstić information content (AvgIpc) is 2.16. The number of nitrogens with zero attached hydrogens (tertiary/aromatic N) is 2. The molecule has 0 saturated heterocycles. The van der Waals surface area contributed by atoms with Crippen molar-refractivity contribution >= 4 is 0 Å². The lowest BCUT2D eigenvalue weighted by Crippen LogP contribution is -2.24. The van der Waals surface area contributed by atoms with E-state index in [2.05, 4.69) is 0 Å². The second-order valence-electron chi connectivity index (χ2n) is 3.48. The number of hydrogen-bond acceptors (Lipinski definition) is 1. The maximum absolute atomic E-state index is 11.6. The molecule has 0 amide bonds. The largest absolute Gasteiger partial charge is 0.328 e. The van der Waals surface area contributed by atoms with Crippen molar-refractivity contribution in [2.75, 3.05) is 0 Å². The summed E-state index contributed by atoms with van der Waals surface area (Å²) in [5.41, 5.74) is 2.20. The van der Waals surface area contributed by atoms with Gasteiger partial charge in [0.25, 0.3) is 0 Å². The van der Waals surface area contributed by atoms with E-state index in [9.17, 15) is 4.79 Å². The lowest BCUT2D eigenvalue weighted by atomic mass is 10.3. The zero-order valence-electron chi connectivity index (χ0n) is 8.38. The van der Waals surface area contributed by atoms with E-state index in [0.717, 1.165) is 11.4 Å². The van der Waals surface area contributed by atoms with Crippen LogP contribution < -0.4 is 5.69 Å². The maximum atomic E-state index is 11.6. The third-order valence-corrected chi connectivity index (χ3v) is 2.40. The second kappa shape index (κ2) is 2.81. The van der Waals surface area contributed by atoms with Crippen molar-refractivity contribution in [2.45, 2.75) is 33.7 Å². The Morgan fingerprint density at radius 1 is 1.17 bits per heavy atom. The van der Waals surface area contributed by atoms with Crippen LogP contribution in [0.3, 0.4) is 0 Å². The van der Waals surface area contributed by atoms with Gasteiger partial charge in [0.1, 0.15) is 0 Å². The van der Waals surface area contributed by atoms with Crippen molar-refractivity contribution < 1.29 is 0 Å². The van der Waals surface area contributed by atoms with Crippen LogP contribution in [-0.2, 0) is 7.05 Å². The van der Waals surface area contributed by atoms with Gasteiger partial charge in [0, 0.05) is 24.5 Å². The summed E-state index contributed by atoms with van der Waals surface area (Å²) in [5.74, 6) is 0. The fourth-order valence-electron chi connectivity index (χ4n) is 1.47. The van der Waals surface area contributed by atoms with Gasteiger partial charge in [0.15, 0.2) is 0 Å². The Morgan fingerprint density at radius 2 is 1.67 bits per heavy atom. The van der Waals surface area contributed by atoms with Crippen LogP contribution >= 0.6 is 0 Å². The molecule has 0 aliphatic carbocycles. The molecule has 0 aliphatic rings. The van der Waals surface area contributed by atoms with Gasteiger partial charge in [-0.05, 0) is 27.7 Å². The molecule has 0 bridgehead atoms. The van der Waals surface area contributed by atoms with Crippen molar-refractivity contribution in [3.8, 4) is 0 Å². The molecule has 1 aromatic rings. The Bertz CT molecular complexity index is 344. The van der Waals surface area contributed by atoms with Gasteiger partial charge in [-0.15, -0.1) is 0 Å². The molecule has 12 heavy (non-hydrogen) atoms. The molecule has 3 heteroatoms. The summed E-state index contributed by atoms with van der Waals surface area (Å²) in [7, 11) is 1.81. The first kappa shape index (κ1) is 9.10. The first-order valence-electron chi connectivity index (χ1n) is 4.21. The summed E-state index contributed by atoms with van der Waals surface area (Å²) >= 11 is 0. The zero-order valence-corrected chi connectivity index (χ0v) is 8.38. The Labute approximate surface area is 72.6 Å². The van der Waals surface area contributed by atoms with E-state index in [4.69, 9.17) is 0 Å². The summed E-state index contributed by atoms with van der Waals surface area (Å²) < 4.78 is 3.50. The van der Waals surface area contributed by atoms with E-state index in [0.29, 0.717) is 0 Å².